The number of unbranched alkanes of at least 4 members (excludes halogenated alkanes) is 1. The molecule has 3 aromatic rings. The number of benzene rings is 3. The van der Waals surface area contributed by atoms with Gasteiger partial charge in [-0.2, -0.15) is 0 Å². The van der Waals surface area contributed by atoms with Crippen LogP contribution in [0.15, 0.2) is 72.8 Å². The summed E-state index contributed by atoms with van der Waals surface area (Å²) in [6, 6.07) is 24.0. The van der Waals surface area contributed by atoms with Gasteiger partial charge < -0.3 is 15.6 Å². The highest BCUT2D eigenvalue weighted by molar-refractivity contribution is 5.71. The molecule has 30 heavy (non-hydrogen) atoms. The van der Waals surface area contributed by atoms with Gasteiger partial charge >= 0.3 is 5.97 Å². The third kappa shape index (κ3) is 5.94. The molecule has 0 bridgehead atoms. The number of rotatable bonds is 10. The molecule has 0 aliphatic rings. The highest BCUT2D eigenvalue weighted by Crippen LogP contribution is 2.26. The van der Waals surface area contributed by atoms with Crippen LogP contribution in [0.1, 0.15) is 48.9 Å². The van der Waals surface area contributed by atoms with Crippen molar-refractivity contribution in [2.75, 3.05) is 0 Å². The zero-order valence-electron chi connectivity index (χ0n) is 17.4. The van der Waals surface area contributed by atoms with Gasteiger partial charge in [0.1, 0.15) is 12.4 Å². The molecule has 0 spiro atoms. The monoisotopic (exact) mass is 403 g/mol. The normalized spacial score (nSPS) is 11.8. The summed E-state index contributed by atoms with van der Waals surface area (Å²) in [5.41, 5.74) is 11.5. The van der Waals surface area contributed by atoms with Crippen molar-refractivity contribution in [3.8, 4) is 16.9 Å². The van der Waals surface area contributed by atoms with Crippen LogP contribution in [0.25, 0.3) is 11.1 Å². The molecule has 0 saturated carbocycles. The first kappa shape index (κ1) is 21.6. The van der Waals surface area contributed by atoms with Gasteiger partial charge in [0, 0.05) is 11.6 Å². The van der Waals surface area contributed by atoms with E-state index in [1.165, 1.54) is 0 Å². The average molecular weight is 404 g/mol. The SMILES string of the molecule is CCCCC(N)c1cccc(-c2cccc(COc3ccccc3CC(=O)O)c2)c1. The molecule has 0 fully saturated rings. The second kappa shape index (κ2) is 10.6. The van der Waals surface area contributed by atoms with Gasteiger partial charge in [-0.05, 0) is 46.9 Å². The minimum absolute atomic E-state index is 0.0543. The number of para-hydroxylation sites is 1. The van der Waals surface area contributed by atoms with Crippen molar-refractivity contribution in [2.45, 2.75) is 45.3 Å². The maximum absolute atomic E-state index is 11.1. The first-order valence-corrected chi connectivity index (χ1v) is 10.4. The van der Waals surface area contributed by atoms with Crippen LogP contribution < -0.4 is 10.5 Å². The van der Waals surface area contributed by atoms with Crippen LogP contribution in [0.3, 0.4) is 0 Å². The fourth-order valence-electron chi connectivity index (χ4n) is 3.49. The Morgan fingerprint density at radius 3 is 2.50 bits per heavy atom. The van der Waals surface area contributed by atoms with Crippen LogP contribution >= 0.6 is 0 Å². The fraction of sp³-hybridized carbons (Fsp3) is 0.269. The maximum Gasteiger partial charge on any atom is 0.307 e. The van der Waals surface area contributed by atoms with Crippen LogP contribution in [0.2, 0.25) is 0 Å². The summed E-state index contributed by atoms with van der Waals surface area (Å²) in [5.74, 6) is -0.265. The first-order chi connectivity index (χ1) is 14.6. The molecule has 3 N–H and O–H groups in total. The van der Waals surface area contributed by atoms with E-state index < -0.39 is 5.97 Å². The number of ether oxygens (including phenoxy) is 1. The Morgan fingerprint density at radius 1 is 1.00 bits per heavy atom. The number of hydrogen-bond donors (Lipinski definition) is 2. The lowest BCUT2D eigenvalue weighted by Crippen LogP contribution is -2.09. The van der Waals surface area contributed by atoms with Crippen molar-refractivity contribution in [3.63, 3.8) is 0 Å². The quantitative estimate of drug-likeness (QED) is 0.452. The van der Waals surface area contributed by atoms with Crippen molar-refractivity contribution in [1.29, 1.82) is 0 Å². The summed E-state index contributed by atoms with van der Waals surface area (Å²) in [6.45, 7) is 2.55. The van der Waals surface area contributed by atoms with Crippen LogP contribution in [0.5, 0.6) is 5.75 Å². The third-order valence-electron chi connectivity index (χ3n) is 5.15. The van der Waals surface area contributed by atoms with Crippen molar-refractivity contribution in [2.24, 2.45) is 5.73 Å². The van der Waals surface area contributed by atoms with E-state index in [9.17, 15) is 4.79 Å². The van der Waals surface area contributed by atoms with E-state index in [4.69, 9.17) is 15.6 Å². The minimum atomic E-state index is -0.870. The van der Waals surface area contributed by atoms with Crippen LogP contribution in [-0.2, 0) is 17.8 Å². The Balaban J connectivity index is 1.74. The Bertz CT molecular complexity index is 983. The van der Waals surface area contributed by atoms with Gasteiger partial charge in [0.25, 0.3) is 0 Å². The number of hydrogen-bond acceptors (Lipinski definition) is 3. The Labute approximate surface area is 178 Å². The van der Waals surface area contributed by atoms with Crippen LogP contribution in [0, 0.1) is 0 Å². The molecule has 0 saturated heterocycles. The Kier molecular flexibility index (Phi) is 7.63. The fourth-order valence-corrected chi connectivity index (χ4v) is 3.49. The van der Waals surface area contributed by atoms with Crippen LogP contribution in [0.4, 0.5) is 0 Å². The predicted octanol–water partition coefficient (Wildman–Crippen LogP) is 5.75. The largest absolute Gasteiger partial charge is 0.489 e. The Hall–Kier alpha value is -3.11. The van der Waals surface area contributed by atoms with Gasteiger partial charge in [-0.1, -0.05) is 74.4 Å². The number of carboxylic acid groups (broad SMARTS) is 1. The number of nitrogens with two attached hydrogens (primary N) is 1. The molecule has 4 nitrogen and oxygen atoms in total. The molecule has 4 heteroatoms. The topological polar surface area (TPSA) is 72.5 Å². The summed E-state index contributed by atoms with van der Waals surface area (Å²) in [6.07, 6.45) is 3.21. The highest BCUT2D eigenvalue weighted by Gasteiger charge is 2.09. The van der Waals surface area contributed by atoms with E-state index in [0.717, 1.165) is 41.5 Å². The molecule has 3 rings (SSSR count). The summed E-state index contributed by atoms with van der Waals surface area (Å²) in [7, 11) is 0. The molecule has 0 amide bonds. The van der Waals surface area contributed by atoms with E-state index in [1.54, 1.807) is 6.07 Å². The molecular formula is C26H29NO3. The van der Waals surface area contributed by atoms with E-state index in [2.05, 4.69) is 43.3 Å². The van der Waals surface area contributed by atoms with Crippen molar-refractivity contribution < 1.29 is 14.6 Å². The van der Waals surface area contributed by atoms with Gasteiger partial charge in [-0.3, -0.25) is 4.79 Å². The first-order valence-electron chi connectivity index (χ1n) is 10.4. The van der Waals surface area contributed by atoms with Crippen molar-refractivity contribution in [3.05, 3.63) is 89.5 Å². The van der Waals surface area contributed by atoms with Gasteiger partial charge in [0.2, 0.25) is 0 Å². The zero-order chi connectivity index (χ0) is 21.3. The number of carboxylic acids is 1. The van der Waals surface area contributed by atoms with Crippen molar-refractivity contribution >= 4 is 5.97 Å². The molecule has 3 aromatic carbocycles. The van der Waals surface area contributed by atoms with Crippen molar-refractivity contribution in [1.82, 2.24) is 0 Å². The van der Waals surface area contributed by atoms with Gasteiger partial charge in [-0.25, -0.2) is 0 Å². The van der Waals surface area contributed by atoms with Gasteiger partial charge in [0.15, 0.2) is 0 Å². The molecule has 0 aromatic heterocycles. The molecule has 0 radical (unpaired) electrons. The summed E-state index contributed by atoms with van der Waals surface area (Å²) in [4.78, 5) is 11.1. The second-order valence-corrected chi connectivity index (χ2v) is 7.54. The summed E-state index contributed by atoms with van der Waals surface area (Å²) < 4.78 is 5.94. The molecule has 0 heterocycles. The molecule has 0 aliphatic carbocycles. The Morgan fingerprint density at radius 2 is 1.73 bits per heavy atom. The standard InChI is InChI=1S/C26H29NO3/c1-2-3-13-24(27)22-12-7-11-21(16-22)20-10-6-8-19(15-20)18-30-25-14-5-4-9-23(25)17-26(28)29/h4-12,14-16,24H,2-3,13,17-18,27H2,1H3,(H,28,29). The molecule has 0 aliphatic heterocycles. The number of aliphatic carboxylic acids is 1. The predicted molar refractivity (Wildman–Crippen MR) is 120 cm³/mol. The second-order valence-electron chi connectivity index (χ2n) is 7.54. The van der Waals surface area contributed by atoms with E-state index in [0.29, 0.717) is 17.9 Å². The smallest absolute Gasteiger partial charge is 0.307 e. The lowest BCUT2D eigenvalue weighted by molar-refractivity contribution is -0.136. The lowest BCUT2D eigenvalue weighted by atomic mass is 9.96. The highest BCUT2D eigenvalue weighted by atomic mass is 16.5. The molecular weight excluding hydrogens is 374 g/mol. The zero-order valence-corrected chi connectivity index (χ0v) is 17.4. The van der Waals surface area contributed by atoms with E-state index in [-0.39, 0.29) is 12.5 Å². The average Bonchev–Trinajstić information content (AvgIpc) is 2.77. The van der Waals surface area contributed by atoms with Gasteiger partial charge in [-0.15, -0.1) is 0 Å². The maximum atomic E-state index is 11.1. The lowest BCUT2D eigenvalue weighted by Gasteiger charge is -2.14. The molecule has 156 valence electrons. The molecule has 1 unspecified atom stereocenters. The minimum Gasteiger partial charge on any atom is -0.489 e. The summed E-state index contributed by atoms with van der Waals surface area (Å²) >= 11 is 0. The van der Waals surface area contributed by atoms with E-state index >= 15 is 0 Å². The van der Waals surface area contributed by atoms with Crippen LogP contribution in [-0.4, -0.2) is 11.1 Å². The van der Waals surface area contributed by atoms with E-state index in [1.807, 2.05) is 30.3 Å². The van der Waals surface area contributed by atoms with Gasteiger partial charge in [0.05, 0.1) is 6.42 Å². The summed E-state index contributed by atoms with van der Waals surface area (Å²) in [5, 5.41) is 9.08. The number of carbonyl (C=O) groups is 1. The molecule has 1 atom stereocenters. The third-order valence-corrected chi connectivity index (χ3v) is 5.15.